The number of rotatable bonds is 13. The number of benzene rings is 2. The second-order valence-electron chi connectivity index (χ2n) is 12.0. The minimum atomic E-state index is -1.13. The molecule has 2 aromatic carbocycles. The standard InChI is InChI=1S/C35H43FN2O7/c1-22(2)38-28(17-16-26(39)20-27(40)21-30(42)44-6)31(24-12-14-25(36)15-13-24)32(23-10-8-7-9-11-23)33(38)34(43)37-19-18-29(41)45-35(3,4)5/h7-17,22,26-27,39-40H,18-21H2,1-6H3,(H,37,43)/t26-,27-/m1/s1. The van der Waals surface area contributed by atoms with Crippen LogP contribution < -0.4 is 5.32 Å². The van der Waals surface area contributed by atoms with Gasteiger partial charge in [-0.15, -0.1) is 0 Å². The Labute approximate surface area is 263 Å². The van der Waals surface area contributed by atoms with Crippen LogP contribution in [-0.4, -0.2) is 64.1 Å². The van der Waals surface area contributed by atoms with E-state index in [1.54, 1.807) is 39.0 Å². The summed E-state index contributed by atoms with van der Waals surface area (Å²) in [7, 11) is 1.22. The van der Waals surface area contributed by atoms with E-state index in [2.05, 4.69) is 10.1 Å². The van der Waals surface area contributed by atoms with Gasteiger partial charge in [-0.3, -0.25) is 14.4 Å². The predicted molar refractivity (Wildman–Crippen MR) is 171 cm³/mol. The minimum absolute atomic E-state index is 0.0241. The third-order valence-corrected chi connectivity index (χ3v) is 6.82. The Morgan fingerprint density at radius 3 is 2.16 bits per heavy atom. The fourth-order valence-electron chi connectivity index (χ4n) is 5.00. The van der Waals surface area contributed by atoms with Crippen molar-refractivity contribution in [2.24, 2.45) is 0 Å². The molecule has 3 aromatic rings. The number of nitrogens with one attached hydrogen (secondary N) is 1. The molecule has 3 rings (SSSR count). The van der Waals surface area contributed by atoms with Gasteiger partial charge in [0.25, 0.3) is 5.91 Å². The topological polar surface area (TPSA) is 127 Å². The van der Waals surface area contributed by atoms with Gasteiger partial charge in [-0.1, -0.05) is 48.5 Å². The number of amides is 1. The molecule has 0 unspecified atom stereocenters. The summed E-state index contributed by atoms with van der Waals surface area (Å²) in [6.07, 6.45) is 0.479. The van der Waals surface area contributed by atoms with Crippen molar-refractivity contribution in [1.29, 1.82) is 0 Å². The molecule has 0 saturated carbocycles. The van der Waals surface area contributed by atoms with Gasteiger partial charge in [-0.25, -0.2) is 4.39 Å². The molecule has 0 spiro atoms. The molecule has 0 radical (unpaired) electrons. The first-order valence-electron chi connectivity index (χ1n) is 14.9. The maximum atomic E-state index is 14.1. The zero-order valence-electron chi connectivity index (χ0n) is 26.7. The predicted octanol–water partition coefficient (Wildman–Crippen LogP) is 5.69. The van der Waals surface area contributed by atoms with Crippen molar-refractivity contribution >= 4 is 23.9 Å². The summed E-state index contributed by atoms with van der Waals surface area (Å²) in [5.74, 6) is -1.89. The number of carbonyl (C=O) groups excluding carboxylic acids is 3. The average Bonchev–Trinajstić information content (AvgIpc) is 3.31. The summed E-state index contributed by atoms with van der Waals surface area (Å²) < 4.78 is 25.9. The number of carbonyl (C=O) groups is 3. The average molecular weight is 623 g/mol. The monoisotopic (exact) mass is 622 g/mol. The highest BCUT2D eigenvalue weighted by Crippen LogP contribution is 2.42. The molecule has 0 bridgehead atoms. The molecule has 9 nitrogen and oxygen atoms in total. The first-order valence-corrected chi connectivity index (χ1v) is 14.9. The summed E-state index contributed by atoms with van der Waals surface area (Å²) in [6, 6.07) is 15.0. The maximum Gasteiger partial charge on any atom is 0.308 e. The number of ether oxygens (including phenoxy) is 2. The summed E-state index contributed by atoms with van der Waals surface area (Å²) in [5.41, 5.74) is 2.82. The first kappa shape index (κ1) is 35.2. The van der Waals surface area contributed by atoms with E-state index in [0.29, 0.717) is 28.1 Å². The number of nitrogens with zero attached hydrogens (tertiary/aromatic N) is 1. The maximum absolute atomic E-state index is 14.1. The number of aliphatic hydroxyl groups excluding tert-OH is 2. The number of methoxy groups -OCH3 is 1. The highest BCUT2D eigenvalue weighted by Gasteiger charge is 2.29. The van der Waals surface area contributed by atoms with E-state index in [-0.39, 0.29) is 31.8 Å². The Morgan fingerprint density at radius 1 is 0.956 bits per heavy atom. The molecule has 1 amide bonds. The smallest absolute Gasteiger partial charge is 0.308 e. The molecule has 1 aromatic heterocycles. The number of esters is 2. The van der Waals surface area contributed by atoms with E-state index in [1.165, 1.54) is 25.3 Å². The van der Waals surface area contributed by atoms with Crippen LogP contribution in [-0.2, 0) is 19.1 Å². The van der Waals surface area contributed by atoms with Gasteiger partial charge in [-0.2, -0.15) is 0 Å². The Hall–Kier alpha value is -4.28. The quantitative estimate of drug-likeness (QED) is 0.209. The molecule has 0 aliphatic carbocycles. The molecule has 0 aliphatic heterocycles. The molecule has 0 saturated heterocycles. The van der Waals surface area contributed by atoms with E-state index in [9.17, 15) is 29.0 Å². The van der Waals surface area contributed by atoms with Crippen molar-refractivity contribution < 1.29 is 38.5 Å². The highest BCUT2D eigenvalue weighted by molar-refractivity contribution is 6.06. The van der Waals surface area contributed by atoms with Gasteiger partial charge in [0, 0.05) is 35.8 Å². The van der Waals surface area contributed by atoms with Crippen molar-refractivity contribution in [2.45, 2.75) is 77.7 Å². The molecule has 0 aliphatic rings. The SMILES string of the molecule is COC(=O)C[C@H](O)C[C@H](O)C=Cc1c(-c2ccc(F)cc2)c(-c2ccccc2)c(C(=O)NCCC(=O)OC(C)(C)C)n1C(C)C. The van der Waals surface area contributed by atoms with Crippen LogP contribution in [0, 0.1) is 5.82 Å². The Balaban J connectivity index is 2.16. The van der Waals surface area contributed by atoms with E-state index >= 15 is 0 Å². The molecule has 10 heteroatoms. The van der Waals surface area contributed by atoms with E-state index in [0.717, 1.165) is 5.56 Å². The molecule has 2 atom stereocenters. The zero-order valence-corrected chi connectivity index (χ0v) is 26.7. The zero-order chi connectivity index (χ0) is 33.3. The first-order chi connectivity index (χ1) is 21.2. The fourth-order valence-corrected chi connectivity index (χ4v) is 5.00. The van der Waals surface area contributed by atoms with E-state index < -0.39 is 41.5 Å². The van der Waals surface area contributed by atoms with Crippen LogP contribution in [0.4, 0.5) is 4.39 Å². The Morgan fingerprint density at radius 2 is 1.58 bits per heavy atom. The number of aromatic nitrogens is 1. The lowest BCUT2D eigenvalue weighted by Crippen LogP contribution is -2.31. The van der Waals surface area contributed by atoms with Crippen molar-refractivity contribution in [1.82, 2.24) is 9.88 Å². The van der Waals surface area contributed by atoms with E-state index in [1.807, 2.05) is 48.7 Å². The fraction of sp³-hybridized carbons (Fsp3) is 0.400. The van der Waals surface area contributed by atoms with Crippen molar-refractivity contribution in [3.63, 3.8) is 0 Å². The Bertz CT molecular complexity index is 1490. The molecular weight excluding hydrogens is 579 g/mol. The normalized spacial score (nSPS) is 13.1. The van der Waals surface area contributed by atoms with Gasteiger partial charge in [0.05, 0.1) is 32.2 Å². The van der Waals surface area contributed by atoms with Gasteiger partial charge >= 0.3 is 11.9 Å². The van der Waals surface area contributed by atoms with Gasteiger partial charge in [0.15, 0.2) is 0 Å². The largest absolute Gasteiger partial charge is 0.469 e. The molecule has 242 valence electrons. The summed E-state index contributed by atoms with van der Waals surface area (Å²) in [4.78, 5) is 37.9. The minimum Gasteiger partial charge on any atom is -0.469 e. The second kappa shape index (κ2) is 15.6. The van der Waals surface area contributed by atoms with Gasteiger partial charge in [-0.05, 0) is 64.0 Å². The highest BCUT2D eigenvalue weighted by atomic mass is 19.1. The number of halogens is 1. The van der Waals surface area contributed by atoms with Gasteiger partial charge < -0.3 is 29.6 Å². The van der Waals surface area contributed by atoms with Gasteiger partial charge in [0.1, 0.15) is 17.1 Å². The third kappa shape index (κ3) is 9.86. The van der Waals surface area contributed by atoms with Crippen LogP contribution >= 0.6 is 0 Å². The van der Waals surface area contributed by atoms with Crippen LogP contribution in [0.5, 0.6) is 0 Å². The number of aliphatic hydroxyl groups is 2. The van der Waals surface area contributed by atoms with Crippen molar-refractivity contribution in [3.8, 4) is 22.3 Å². The number of hydrogen-bond donors (Lipinski definition) is 3. The van der Waals surface area contributed by atoms with Crippen molar-refractivity contribution in [2.75, 3.05) is 13.7 Å². The third-order valence-electron chi connectivity index (χ3n) is 6.82. The van der Waals surface area contributed by atoms with Crippen molar-refractivity contribution in [3.05, 3.63) is 77.9 Å². The lowest BCUT2D eigenvalue weighted by atomic mass is 9.94. The summed E-state index contributed by atoms with van der Waals surface area (Å²) in [5, 5.41) is 23.9. The van der Waals surface area contributed by atoms with Gasteiger partial charge in [0.2, 0.25) is 0 Å². The van der Waals surface area contributed by atoms with Crippen LogP contribution in [0.25, 0.3) is 28.3 Å². The number of hydrogen-bond acceptors (Lipinski definition) is 7. The molecule has 0 fully saturated rings. The van der Waals surface area contributed by atoms with Crippen LogP contribution in [0.3, 0.4) is 0 Å². The van der Waals surface area contributed by atoms with Crippen LogP contribution in [0.15, 0.2) is 60.7 Å². The molecule has 3 N–H and O–H groups in total. The molecular formula is C35H43FN2O7. The molecule has 45 heavy (non-hydrogen) atoms. The lowest BCUT2D eigenvalue weighted by molar-refractivity contribution is -0.154. The summed E-state index contributed by atoms with van der Waals surface area (Å²) >= 11 is 0. The molecule has 1 heterocycles. The van der Waals surface area contributed by atoms with Crippen LogP contribution in [0.2, 0.25) is 0 Å². The van der Waals surface area contributed by atoms with Crippen LogP contribution in [0.1, 0.15) is 76.1 Å². The lowest BCUT2D eigenvalue weighted by Gasteiger charge is -2.20. The second-order valence-corrected chi connectivity index (χ2v) is 12.0. The van der Waals surface area contributed by atoms with E-state index in [4.69, 9.17) is 4.74 Å². The summed E-state index contributed by atoms with van der Waals surface area (Å²) in [6.45, 7) is 9.18. The Kier molecular flexibility index (Phi) is 12.2.